The van der Waals surface area contributed by atoms with Gasteiger partial charge in [-0.15, -0.1) is 13.2 Å². The van der Waals surface area contributed by atoms with Gasteiger partial charge in [-0.2, -0.15) is 5.10 Å². The Morgan fingerprint density at radius 3 is 2.46 bits per heavy atom. The second-order valence-electron chi connectivity index (χ2n) is 4.79. The van der Waals surface area contributed by atoms with Crippen LogP contribution in [-0.4, -0.2) is 22.1 Å². The van der Waals surface area contributed by atoms with Crippen molar-refractivity contribution in [3.8, 4) is 5.75 Å². The Kier molecular flexibility index (Phi) is 5.05. The van der Waals surface area contributed by atoms with Crippen molar-refractivity contribution in [2.75, 3.05) is 5.32 Å². The number of benzene rings is 1. The van der Waals surface area contributed by atoms with Crippen LogP contribution in [0.1, 0.15) is 17.8 Å². The number of halogens is 5. The monoisotopic (exact) mass is 349 g/mol. The van der Waals surface area contributed by atoms with Crippen molar-refractivity contribution >= 4 is 11.6 Å². The van der Waals surface area contributed by atoms with Crippen LogP contribution in [0.25, 0.3) is 0 Å². The molecule has 5 nitrogen and oxygen atoms in total. The molecule has 1 aromatic carbocycles. The number of aryl methyl sites for hydroxylation is 1. The van der Waals surface area contributed by atoms with Gasteiger partial charge >= 0.3 is 6.36 Å². The number of rotatable bonds is 5. The van der Waals surface area contributed by atoms with Crippen molar-refractivity contribution in [1.82, 2.24) is 9.78 Å². The lowest BCUT2D eigenvalue weighted by Gasteiger charge is -2.10. The molecular formula is C14H12F5N3O2. The summed E-state index contributed by atoms with van der Waals surface area (Å²) in [6.07, 6.45) is -7.59. The second-order valence-corrected chi connectivity index (χ2v) is 4.79. The van der Waals surface area contributed by atoms with E-state index in [4.69, 9.17) is 0 Å². The molecule has 0 saturated carbocycles. The van der Waals surface area contributed by atoms with Gasteiger partial charge in [-0.05, 0) is 37.3 Å². The van der Waals surface area contributed by atoms with Crippen molar-refractivity contribution in [2.45, 2.75) is 26.3 Å². The highest BCUT2D eigenvalue weighted by atomic mass is 19.4. The number of amides is 1. The zero-order valence-corrected chi connectivity index (χ0v) is 12.3. The Labute approximate surface area is 133 Å². The predicted molar refractivity (Wildman–Crippen MR) is 73.7 cm³/mol. The molecule has 24 heavy (non-hydrogen) atoms. The molecule has 0 unspecified atom stereocenters. The fraction of sp³-hybridized carbons (Fsp3) is 0.286. The first-order chi connectivity index (χ1) is 11.1. The molecule has 1 aromatic heterocycles. The van der Waals surface area contributed by atoms with Crippen LogP contribution >= 0.6 is 0 Å². The molecule has 130 valence electrons. The third-order valence-corrected chi connectivity index (χ3v) is 2.82. The number of ether oxygens (including phenoxy) is 1. The summed E-state index contributed by atoms with van der Waals surface area (Å²) in [6, 6.07) is 5.60. The lowest BCUT2D eigenvalue weighted by molar-refractivity contribution is -0.274. The third-order valence-electron chi connectivity index (χ3n) is 2.82. The second kappa shape index (κ2) is 6.85. The lowest BCUT2D eigenvalue weighted by Crippen LogP contribution is -2.21. The minimum atomic E-state index is -4.81. The number of hydrogen-bond acceptors (Lipinski definition) is 3. The summed E-state index contributed by atoms with van der Waals surface area (Å²) in [4.78, 5) is 11.9. The molecule has 0 saturated heterocycles. The van der Waals surface area contributed by atoms with Crippen LogP contribution < -0.4 is 10.1 Å². The molecule has 0 atom stereocenters. The number of carbonyl (C=O) groups excluding carboxylic acids is 1. The van der Waals surface area contributed by atoms with Gasteiger partial charge in [-0.3, -0.25) is 9.48 Å². The van der Waals surface area contributed by atoms with Crippen molar-refractivity contribution in [1.29, 1.82) is 0 Å². The molecule has 0 radical (unpaired) electrons. The molecular weight excluding hydrogens is 337 g/mol. The lowest BCUT2D eigenvalue weighted by atomic mass is 10.3. The molecule has 0 aliphatic carbocycles. The number of carbonyl (C=O) groups is 1. The van der Waals surface area contributed by atoms with E-state index in [0.717, 1.165) is 16.8 Å². The fourth-order valence-corrected chi connectivity index (χ4v) is 1.94. The minimum Gasteiger partial charge on any atom is -0.406 e. The molecule has 0 aliphatic heterocycles. The Morgan fingerprint density at radius 1 is 1.29 bits per heavy atom. The highest BCUT2D eigenvalue weighted by Crippen LogP contribution is 2.24. The van der Waals surface area contributed by atoms with Gasteiger partial charge in [-0.25, -0.2) is 8.78 Å². The average molecular weight is 349 g/mol. The van der Waals surface area contributed by atoms with Gasteiger partial charge in [0, 0.05) is 5.69 Å². The van der Waals surface area contributed by atoms with Crippen LogP contribution in [0.3, 0.4) is 0 Å². The van der Waals surface area contributed by atoms with Crippen LogP contribution in [0.4, 0.5) is 27.6 Å². The first kappa shape index (κ1) is 17.7. The molecule has 0 fully saturated rings. The van der Waals surface area contributed by atoms with Gasteiger partial charge < -0.3 is 10.1 Å². The van der Waals surface area contributed by atoms with E-state index in [2.05, 4.69) is 15.2 Å². The molecule has 1 N–H and O–H groups in total. The Bertz CT molecular complexity index is 710. The molecule has 1 amide bonds. The summed E-state index contributed by atoms with van der Waals surface area (Å²) in [6.45, 7) is 1.06. The van der Waals surface area contributed by atoms with E-state index >= 15 is 0 Å². The normalized spacial score (nSPS) is 11.6. The van der Waals surface area contributed by atoms with Gasteiger partial charge in [0.05, 0.1) is 5.69 Å². The first-order valence-electron chi connectivity index (χ1n) is 6.62. The Balaban J connectivity index is 2.00. The van der Waals surface area contributed by atoms with Crippen LogP contribution in [0.5, 0.6) is 5.75 Å². The molecule has 0 aliphatic rings. The highest BCUT2D eigenvalue weighted by Gasteiger charge is 2.31. The van der Waals surface area contributed by atoms with Gasteiger partial charge in [0.2, 0.25) is 5.91 Å². The number of anilines is 1. The molecule has 2 rings (SSSR count). The number of nitrogens with one attached hydrogen (secondary N) is 1. The van der Waals surface area contributed by atoms with E-state index in [1.807, 2.05) is 0 Å². The fourth-order valence-electron chi connectivity index (χ4n) is 1.94. The molecule has 2 aromatic rings. The van der Waals surface area contributed by atoms with Gasteiger partial charge in [0.25, 0.3) is 6.43 Å². The summed E-state index contributed by atoms with van der Waals surface area (Å²) < 4.78 is 66.3. The summed E-state index contributed by atoms with van der Waals surface area (Å²) in [5, 5.41) is 6.17. The average Bonchev–Trinajstić information content (AvgIpc) is 2.80. The summed E-state index contributed by atoms with van der Waals surface area (Å²) in [5.74, 6) is -1.09. The molecule has 0 bridgehead atoms. The molecule has 0 spiro atoms. The van der Waals surface area contributed by atoms with Gasteiger partial charge in [0.1, 0.15) is 18.0 Å². The van der Waals surface area contributed by atoms with Crippen molar-refractivity contribution in [3.05, 3.63) is 41.7 Å². The van der Waals surface area contributed by atoms with E-state index in [1.54, 1.807) is 0 Å². The number of hydrogen-bond donors (Lipinski definition) is 1. The van der Waals surface area contributed by atoms with Crippen LogP contribution in [0.2, 0.25) is 0 Å². The van der Waals surface area contributed by atoms with Crippen LogP contribution in [0.15, 0.2) is 30.3 Å². The molecule has 1 heterocycles. The topological polar surface area (TPSA) is 56.2 Å². The highest BCUT2D eigenvalue weighted by molar-refractivity contribution is 5.90. The smallest absolute Gasteiger partial charge is 0.406 e. The zero-order valence-electron chi connectivity index (χ0n) is 12.3. The first-order valence-corrected chi connectivity index (χ1v) is 6.62. The summed E-state index contributed by atoms with van der Waals surface area (Å²) >= 11 is 0. The minimum absolute atomic E-state index is 0.192. The van der Waals surface area contributed by atoms with Crippen molar-refractivity contribution < 1.29 is 31.5 Å². The van der Waals surface area contributed by atoms with E-state index in [0.29, 0.717) is 5.69 Å². The van der Waals surface area contributed by atoms with E-state index in [-0.39, 0.29) is 5.69 Å². The summed E-state index contributed by atoms with van der Waals surface area (Å²) in [5.41, 5.74) is 0.139. The number of aromatic nitrogens is 2. The molecule has 10 heteroatoms. The Morgan fingerprint density at radius 2 is 1.92 bits per heavy atom. The maximum Gasteiger partial charge on any atom is 0.573 e. The maximum atomic E-state index is 12.8. The van der Waals surface area contributed by atoms with Gasteiger partial charge in [0.15, 0.2) is 0 Å². The van der Waals surface area contributed by atoms with E-state index < -0.39 is 36.7 Å². The SMILES string of the molecule is Cc1cc(C(F)F)n(CC(=O)Nc2ccc(OC(F)(F)F)cc2)n1. The van der Waals surface area contributed by atoms with Crippen LogP contribution in [0, 0.1) is 6.92 Å². The van der Waals surface area contributed by atoms with E-state index in [9.17, 15) is 26.7 Å². The summed E-state index contributed by atoms with van der Waals surface area (Å²) in [7, 11) is 0. The van der Waals surface area contributed by atoms with E-state index in [1.165, 1.54) is 25.1 Å². The quantitative estimate of drug-likeness (QED) is 0.838. The Hall–Kier alpha value is -2.65. The maximum absolute atomic E-state index is 12.8. The number of alkyl halides is 5. The van der Waals surface area contributed by atoms with Crippen LogP contribution in [-0.2, 0) is 11.3 Å². The van der Waals surface area contributed by atoms with Crippen molar-refractivity contribution in [3.63, 3.8) is 0 Å². The third kappa shape index (κ3) is 4.93. The van der Waals surface area contributed by atoms with Gasteiger partial charge in [-0.1, -0.05) is 0 Å². The largest absolute Gasteiger partial charge is 0.573 e. The van der Waals surface area contributed by atoms with Crippen molar-refractivity contribution in [2.24, 2.45) is 0 Å². The predicted octanol–water partition coefficient (Wildman–Crippen LogP) is 3.67. The number of nitrogens with zero attached hydrogens (tertiary/aromatic N) is 2. The standard InChI is InChI=1S/C14H12F5N3O2/c1-8-6-11(13(15)16)22(21-8)7-12(23)20-9-2-4-10(5-3-9)24-14(17,18)19/h2-6,13H,7H2,1H3,(H,20,23). The zero-order chi connectivity index (χ0) is 17.9.